The number of aldehydes is 1. The van der Waals surface area contributed by atoms with Crippen LogP contribution in [0.1, 0.15) is 23.1 Å². The van der Waals surface area contributed by atoms with Crippen LogP contribution in [0.15, 0.2) is 37.0 Å². The third-order valence-corrected chi connectivity index (χ3v) is 2.60. The number of benzene rings is 1. The van der Waals surface area contributed by atoms with Crippen LogP contribution >= 0.6 is 0 Å². The third-order valence-electron chi connectivity index (χ3n) is 2.60. The fraction of sp³-hybridized carbons (Fsp3) is 0.143. The van der Waals surface area contributed by atoms with Crippen molar-refractivity contribution in [1.82, 2.24) is 9.55 Å². The maximum absolute atomic E-state index is 10.6. The Morgan fingerprint density at radius 1 is 1.35 bits per heavy atom. The second-order valence-corrected chi connectivity index (χ2v) is 4.08. The Kier molecular flexibility index (Phi) is 2.91. The molecule has 17 heavy (non-hydrogen) atoms. The smallest absolute Gasteiger partial charge is 0.150 e. The van der Waals surface area contributed by atoms with Crippen molar-refractivity contribution < 1.29 is 4.79 Å². The van der Waals surface area contributed by atoms with E-state index in [0.29, 0.717) is 5.56 Å². The predicted molar refractivity (Wildman–Crippen MR) is 68.7 cm³/mol. The molecule has 0 N–H and O–H groups in total. The van der Waals surface area contributed by atoms with E-state index in [1.54, 1.807) is 12.1 Å². The van der Waals surface area contributed by atoms with Crippen molar-refractivity contribution >= 4 is 11.9 Å². The lowest BCUT2D eigenvalue weighted by Crippen LogP contribution is -1.92. The lowest BCUT2D eigenvalue weighted by molar-refractivity contribution is 0.112. The van der Waals surface area contributed by atoms with Crippen LogP contribution in [0.2, 0.25) is 0 Å². The molecular weight excluding hydrogens is 212 g/mol. The SMILES string of the molecule is C=C(C)c1nc(-c2ccc(C=O)cc2)cn1C. The standard InChI is InChI=1S/C14H14N2O/c1-10(2)14-15-13(8-16(14)3)12-6-4-11(9-17)5-7-12/h4-9H,1H2,2-3H3. The van der Waals surface area contributed by atoms with Gasteiger partial charge >= 0.3 is 0 Å². The van der Waals surface area contributed by atoms with Gasteiger partial charge in [-0.25, -0.2) is 4.98 Å². The van der Waals surface area contributed by atoms with Crippen LogP contribution in [0.5, 0.6) is 0 Å². The molecule has 2 aromatic rings. The predicted octanol–water partition coefficient (Wildman–Crippen LogP) is 2.93. The molecule has 1 aromatic carbocycles. The number of aryl methyl sites for hydroxylation is 1. The molecule has 0 aliphatic heterocycles. The molecule has 0 saturated carbocycles. The van der Waals surface area contributed by atoms with E-state index >= 15 is 0 Å². The first kappa shape index (κ1) is 11.3. The van der Waals surface area contributed by atoms with Gasteiger partial charge in [-0.05, 0) is 12.5 Å². The minimum absolute atomic E-state index is 0.671. The Balaban J connectivity index is 2.42. The number of rotatable bonds is 3. The minimum Gasteiger partial charge on any atom is -0.334 e. The quantitative estimate of drug-likeness (QED) is 0.754. The molecule has 0 unspecified atom stereocenters. The summed E-state index contributed by atoms with van der Waals surface area (Å²) in [4.78, 5) is 15.1. The Morgan fingerprint density at radius 2 is 2.00 bits per heavy atom. The van der Waals surface area contributed by atoms with Gasteiger partial charge in [-0.2, -0.15) is 0 Å². The van der Waals surface area contributed by atoms with Crippen LogP contribution in [-0.2, 0) is 7.05 Å². The topological polar surface area (TPSA) is 34.9 Å². The highest BCUT2D eigenvalue weighted by atomic mass is 16.1. The lowest BCUT2D eigenvalue weighted by Gasteiger charge is -1.97. The molecule has 86 valence electrons. The Hall–Kier alpha value is -2.16. The van der Waals surface area contributed by atoms with Crippen molar-refractivity contribution in [3.8, 4) is 11.3 Å². The maximum Gasteiger partial charge on any atom is 0.150 e. The highest BCUT2D eigenvalue weighted by molar-refractivity contribution is 5.76. The zero-order valence-electron chi connectivity index (χ0n) is 9.97. The van der Waals surface area contributed by atoms with Gasteiger partial charge in [-0.3, -0.25) is 4.79 Å². The van der Waals surface area contributed by atoms with E-state index in [2.05, 4.69) is 11.6 Å². The average molecular weight is 226 g/mol. The van der Waals surface area contributed by atoms with Gasteiger partial charge in [0.1, 0.15) is 12.1 Å². The number of nitrogens with zero attached hydrogens (tertiary/aromatic N) is 2. The summed E-state index contributed by atoms with van der Waals surface area (Å²) in [5.74, 6) is 0.875. The summed E-state index contributed by atoms with van der Waals surface area (Å²) < 4.78 is 1.95. The molecule has 0 saturated heterocycles. The summed E-state index contributed by atoms with van der Waals surface area (Å²) in [6, 6.07) is 7.37. The van der Waals surface area contributed by atoms with Gasteiger partial charge < -0.3 is 4.57 Å². The second kappa shape index (κ2) is 4.37. The van der Waals surface area contributed by atoms with Gasteiger partial charge in [0, 0.05) is 24.4 Å². The fourth-order valence-corrected chi connectivity index (χ4v) is 1.73. The van der Waals surface area contributed by atoms with Crippen LogP contribution in [0, 0.1) is 0 Å². The Morgan fingerprint density at radius 3 is 2.47 bits per heavy atom. The zero-order chi connectivity index (χ0) is 12.4. The van der Waals surface area contributed by atoms with Crippen molar-refractivity contribution in [3.05, 3.63) is 48.4 Å². The molecule has 1 heterocycles. The van der Waals surface area contributed by atoms with Gasteiger partial charge in [0.2, 0.25) is 0 Å². The molecule has 0 aliphatic carbocycles. The number of hydrogen-bond acceptors (Lipinski definition) is 2. The van der Waals surface area contributed by atoms with E-state index in [4.69, 9.17) is 0 Å². The van der Waals surface area contributed by atoms with E-state index in [9.17, 15) is 4.79 Å². The highest BCUT2D eigenvalue weighted by Gasteiger charge is 2.07. The average Bonchev–Trinajstić information content (AvgIpc) is 2.71. The minimum atomic E-state index is 0.671. The van der Waals surface area contributed by atoms with Crippen LogP contribution in [0.25, 0.3) is 16.8 Å². The second-order valence-electron chi connectivity index (χ2n) is 4.08. The van der Waals surface area contributed by atoms with Gasteiger partial charge in [-0.1, -0.05) is 30.8 Å². The molecule has 1 aromatic heterocycles. The number of aromatic nitrogens is 2. The van der Waals surface area contributed by atoms with Crippen molar-refractivity contribution in [2.45, 2.75) is 6.92 Å². The molecule has 0 radical (unpaired) electrons. The van der Waals surface area contributed by atoms with Gasteiger partial charge in [-0.15, -0.1) is 0 Å². The number of carbonyl (C=O) groups excluding carboxylic acids is 1. The largest absolute Gasteiger partial charge is 0.334 e. The summed E-state index contributed by atoms with van der Waals surface area (Å²) in [5, 5.41) is 0. The summed E-state index contributed by atoms with van der Waals surface area (Å²) in [6.45, 7) is 5.82. The summed E-state index contributed by atoms with van der Waals surface area (Å²) >= 11 is 0. The molecule has 0 atom stereocenters. The van der Waals surface area contributed by atoms with Crippen LogP contribution in [0.4, 0.5) is 0 Å². The molecule has 3 heteroatoms. The first-order chi connectivity index (χ1) is 8.11. The van der Waals surface area contributed by atoms with Crippen molar-refractivity contribution in [2.24, 2.45) is 7.05 Å². The fourth-order valence-electron chi connectivity index (χ4n) is 1.73. The van der Waals surface area contributed by atoms with E-state index < -0.39 is 0 Å². The van der Waals surface area contributed by atoms with Crippen LogP contribution in [0.3, 0.4) is 0 Å². The van der Waals surface area contributed by atoms with Gasteiger partial charge in [0.15, 0.2) is 0 Å². The molecule has 0 fully saturated rings. The molecule has 0 spiro atoms. The molecular formula is C14H14N2O. The molecule has 0 bridgehead atoms. The Labute approximate surface area is 100 Å². The van der Waals surface area contributed by atoms with E-state index in [1.165, 1.54) is 0 Å². The molecule has 0 amide bonds. The van der Waals surface area contributed by atoms with Crippen molar-refractivity contribution in [2.75, 3.05) is 0 Å². The number of allylic oxidation sites excluding steroid dienone is 1. The monoisotopic (exact) mass is 226 g/mol. The molecule has 3 nitrogen and oxygen atoms in total. The number of carbonyl (C=O) groups is 1. The zero-order valence-corrected chi connectivity index (χ0v) is 9.97. The molecule has 2 rings (SSSR count). The van der Waals surface area contributed by atoms with Gasteiger partial charge in [0.25, 0.3) is 0 Å². The Bertz CT molecular complexity index is 564. The maximum atomic E-state index is 10.6. The van der Waals surface area contributed by atoms with Gasteiger partial charge in [0.05, 0.1) is 5.69 Å². The first-order valence-electron chi connectivity index (χ1n) is 5.36. The van der Waals surface area contributed by atoms with E-state index in [0.717, 1.165) is 28.9 Å². The lowest BCUT2D eigenvalue weighted by atomic mass is 10.1. The summed E-state index contributed by atoms with van der Waals surface area (Å²) in [5.41, 5.74) is 3.50. The van der Waals surface area contributed by atoms with E-state index in [-0.39, 0.29) is 0 Å². The van der Waals surface area contributed by atoms with Crippen molar-refractivity contribution in [1.29, 1.82) is 0 Å². The molecule has 0 aliphatic rings. The number of imidazole rings is 1. The van der Waals surface area contributed by atoms with Crippen molar-refractivity contribution in [3.63, 3.8) is 0 Å². The number of hydrogen-bond donors (Lipinski definition) is 0. The van der Waals surface area contributed by atoms with Crippen LogP contribution < -0.4 is 0 Å². The highest BCUT2D eigenvalue weighted by Crippen LogP contribution is 2.21. The summed E-state index contributed by atoms with van der Waals surface area (Å²) in [7, 11) is 1.94. The van der Waals surface area contributed by atoms with Crippen LogP contribution in [-0.4, -0.2) is 15.8 Å². The first-order valence-corrected chi connectivity index (χ1v) is 5.36. The van der Waals surface area contributed by atoms with E-state index in [1.807, 2.05) is 36.9 Å². The third kappa shape index (κ3) is 2.18. The normalized spacial score (nSPS) is 10.2. The summed E-state index contributed by atoms with van der Waals surface area (Å²) in [6.07, 6.45) is 2.79.